The van der Waals surface area contributed by atoms with Crippen LogP contribution in [0.5, 0.6) is 0 Å². The number of carbonyl (C=O) groups is 2. The minimum Gasteiger partial charge on any atom is -0.383 e. The summed E-state index contributed by atoms with van der Waals surface area (Å²) in [6.45, 7) is 6.75. The van der Waals surface area contributed by atoms with Crippen LogP contribution in [0.1, 0.15) is 46.0 Å². The Hall–Kier alpha value is -1.00. The molecule has 0 aromatic heterocycles. The molecule has 1 aliphatic carbocycles. The predicted molar refractivity (Wildman–Crippen MR) is 72.8 cm³/mol. The lowest BCUT2D eigenvalue weighted by Crippen LogP contribution is -2.44. The molecular weight excluding hydrogens is 244 g/mol. The number of ketones is 2. The molecule has 0 heterocycles. The van der Waals surface area contributed by atoms with Gasteiger partial charge in [-0.2, -0.15) is 0 Å². The van der Waals surface area contributed by atoms with Gasteiger partial charge in [-0.05, 0) is 32.8 Å². The summed E-state index contributed by atoms with van der Waals surface area (Å²) in [4.78, 5) is 23.3. The maximum atomic E-state index is 12.2. The van der Waals surface area contributed by atoms with Crippen LogP contribution in [0.25, 0.3) is 0 Å². The van der Waals surface area contributed by atoms with Crippen molar-refractivity contribution in [2.75, 3.05) is 6.61 Å². The highest BCUT2D eigenvalue weighted by atomic mass is 16.5. The molecule has 0 aliphatic heterocycles. The normalized spacial score (nSPS) is 23.9. The molecule has 0 saturated heterocycles. The molecule has 0 aromatic rings. The molecule has 1 aliphatic rings. The van der Waals surface area contributed by atoms with Crippen LogP contribution in [0.15, 0.2) is 12.7 Å². The van der Waals surface area contributed by atoms with Crippen molar-refractivity contribution in [1.82, 2.24) is 0 Å². The molecule has 2 unspecified atom stereocenters. The number of ether oxygens (including phenoxy) is 1. The Kier molecular flexibility index (Phi) is 5.88. The molecule has 0 amide bonds. The first-order chi connectivity index (χ1) is 8.86. The molecule has 1 rings (SSSR count). The standard InChI is InChI=1S/C15H24O4/c1-4-11(16)9-10-19-13-8-6-5-7-12(13)14(17)15(2,3)18/h4,12-13,18H,1,5-10H2,2-3H3. The monoisotopic (exact) mass is 268 g/mol. The first kappa shape index (κ1) is 16.1. The summed E-state index contributed by atoms with van der Waals surface area (Å²) in [6.07, 6.45) is 4.98. The molecule has 1 fully saturated rings. The number of hydrogen-bond donors (Lipinski definition) is 1. The van der Waals surface area contributed by atoms with Gasteiger partial charge in [-0.3, -0.25) is 9.59 Å². The average Bonchev–Trinajstić information content (AvgIpc) is 2.37. The van der Waals surface area contributed by atoms with E-state index in [0.717, 1.165) is 25.7 Å². The van der Waals surface area contributed by atoms with Gasteiger partial charge in [0.2, 0.25) is 0 Å². The smallest absolute Gasteiger partial charge is 0.169 e. The van der Waals surface area contributed by atoms with Crippen molar-refractivity contribution in [3.63, 3.8) is 0 Å². The van der Waals surface area contributed by atoms with Crippen LogP contribution in [0.2, 0.25) is 0 Å². The van der Waals surface area contributed by atoms with E-state index in [1.807, 2.05) is 0 Å². The van der Waals surface area contributed by atoms with E-state index in [0.29, 0.717) is 13.0 Å². The number of hydrogen-bond acceptors (Lipinski definition) is 4. The number of rotatable bonds is 7. The zero-order chi connectivity index (χ0) is 14.5. The summed E-state index contributed by atoms with van der Waals surface area (Å²) in [6, 6.07) is 0. The molecule has 4 nitrogen and oxygen atoms in total. The van der Waals surface area contributed by atoms with Crippen LogP contribution >= 0.6 is 0 Å². The van der Waals surface area contributed by atoms with Gasteiger partial charge in [-0.25, -0.2) is 0 Å². The van der Waals surface area contributed by atoms with Crippen molar-refractivity contribution < 1.29 is 19.4 Å². The Bertz CT molecular complexity index is 341. The third-order valence-electron chi connectivity index (χ3n) is 3.55. The molecule has 0 bridgehead atoms. The first-order valence-electron chi connectivity index (χ1n) is 6.90. The fourth-order valence-corrected chi connectivity index (χ4v) is 2.46. The van der Waals surface area contributed by atoms with Gasteiger partial charge in [0.1, 0.15) is 5.60 Å². The average molecular weight is 268 g/mol. The second kappa shape index (κ2) is 6.96. The molecular formula is C15H24O4. The number of carbonyl (C=O) groups excluding carboxylic acids is 2. The van der Waals surface area contributed by atoms with Crippen LogP contribution in [0, 0.1) is 5.92 Å². The Morgan fingerprint density at radius 3 is 2.58 bits per heavy atom. The minimum atomic E-state index is -1.32. The molecule has 108 valence electrons. The summed E-state index contributed by atoms with van der Waals surface area (Å²) in [7, 11) is 0. The molecule has 0 aromatic carbocycles. The third kappa shape index (κ3) is 4.88. The van der Waals surface area contributed by atoms with Crippen LogP contribution in [-0.4, -0.2) is 35.0 Å². The van der Waals surface area contributed by atoms with E-state index >= 15 is 0 Å². The number of allylic oxidation sites excluding steroid dienone is 1. The minimum absolute atomic E-state index is 0.0545. The summed E-state index contributed by atoms with van der Waals surface area (Å²) in [5.41, 5.74) is -1.32. The quantitative estimate of drug-likeness (QED) is 0.718. The van der Waals surface area contributed by atoms with E-state index in [1.54, 1.807) is 0 Å². The van der Waals surface area contributed by atoms with E-state index in [-0.39, 0.29) is 23.6 Å². The van der Waals surface area contributed by atoms with Gasteiger partial charge in [-0.15, -0.1) is 0 Å². The molecule has 19 heavy (non-hydrogen) atoms. The fraction of sp³-hybridized carbons (Fsp3) is 0.733. The summed E-state index contributed by atoms with van der Waals surface area (Å²) in [5.74, 6) is -0.471. The van der Waals surface area contributed by atoms with Crippen LogP contribution in [0.4, 0.5) is 0 Å². The molecule has 4 heteroatoms. The Balaban J connectivity index is 2.55. The van der Waals surface area contributed by atoms with Crippen molar-refractivity contribution >= 4 is 11.6 Å². The highest BCUT2D eigenvalue weighted by molar-refractivity contribution is 5.89. The van der Waals surface area contributed by atoms with E-state index in [2.05, 4.69) is 6.58 Å². The SMILES string of the molecule is C=CC(=O)CCOC1CCCCC1C(=O)C(C)(C)O. The van der Waals surface area contributed by atoms with Gasteiger partial charge in [0.15, 0.2) is 11.6 Å². The fourth-order valence-electron chi connectivity index (χ4n) is 2.46. The molecule has 1 N–H and O–H groups in total. The van der Waals surface area contributed by atoms with Gasteiger partial charge >= 0.3 is 0 Å². The van der Waals surface area contributed by atoms with E-state index in [1.165, 1.54) is 19.9 Å². The van der Waals surface area contributed by atoms with E-state index in [4.69, 9.17) is 4.74 Å². The maximum Gasteiger partial charge on any atom is 0.169 e. The Labute approximate surface area is 114 Å². The summed E-state index contributed by atoms with van der Waals surface area (Å²) < 4.78 is 5.68. The lowest BCUT2D eigenvalue weighted by atomic mass is 9.79. The van der Waals surface area contributed by atoms with Gasteiger partial charge in [0, 0.05) is 12.3 Å². The third-order valence-corrected chi connectivity index (χ3v) is 3.55. The highest BCUT2D eigenvalue weighted by Gasteiger charge is 2.38. The molecule has 0 spiro atoms. The molecule has 1 saturated carbocycles. The lowest BCUT2D eigenvalue weighted by Gasteiger charge is -2.33. The van der Waals surface area contributed by atoms with Gasteiger partial charge in [-0.1, -0.05) is 19.4 Å². The molecule has 0 radical (unpaired) electrons. The zero-order valence-electron chi connectivity index (χ0n) is 11.9. The van der Waals surface area contributed by atoms with Crippen molar-refractivity contribution in [2.45, 2.75) is 57.7 Å². The Morgan fingerprint density at radius 2 is 2.00 bits per heavy atom. The van der Waals surface area contributed by atoms with E-state index < -0.39 is 5.60 Å². The van der Waals surface area contributed by atoms with Crippen molar-refractivity contribution in [3.05, 3.63) is 12.7 Å². The van der Waals surface area contributed by atoms with Gasteiger partial charge in [0.25, 0.3) is 0 Å². The number of aliphatic hydroxyl groups is 1. The lowest BCUT2D eigenvalue weighted by molar-refractivity contribution is -0.146. The summed E-state index contributed by atoms with van der Waals surface area (Å²) >= 11 is 0. The van der Waals surface area contributed by atoms with Gasteiger partial charge in [0.05, 0.1) is 12.7 Å². The Morgan fingerprint density at radius 1 is 1.37 bits per heavy atom. The summed E-state index contributed by atoms with van der Waals surface area (Å²) in [5, 5.41) is 9.84. The van der Waals surface area contributed by atoms with Crippen LogP contribution in [-0.2, 0) is 14.3 Å². The van der Waals surface area contributed by atoms with E-state index in [9.17, 15) is 14.7 Å². The number of Topliss-reactive ketones (excluding diaryl/α,β-unsaturated/α-hetero) is 1. The largest absolute Gasteiger partial charge is 0.383 e. The molecule has 2 atom stereocenters. The highest BCUT2D eigenvalue weighted by Crippen LogP contribution is 2.30. The second-order valence-corrected chi connectivity index (χ2v) is 5.64. The maximum absolute atomic E-state index is 12.2. The van der Waals surface area contributed by atoms with Crippen LogP contribution < -0.4 is 0 Å². The van der Waals surface area contributed by atoms with Crippen molar-refractivity contribution in [3.8, 4) is 0 Å². The first-order valence-corrected chi connectivity index (χ1v) is 6.90. The predicted octanol–water partition coefficient (Wildman–Crippen LogP) is 2.05. The zero-order valence-corrected chi connectivity index (χ0v) is 11.9. The second-order valence-electron chi connectivity index (χ2n) is 5.64. The van der Waals surface area contributed by atoms with Crippen molar-refractivity contribution in [1.29, 1.82) is 0 Å². The van der Waals surface area contributed by atoms with Crippen LogP contribution in [0.3, 0.4) is 0 Å². The van der Waals surface area contributed by atoms with Gasteiger partial charge < -0.3 is 9.84 Å². The topological polar surface area (TPSA) is 63.6 Å². The van der Waals surface area contributed by atoms with Crippen molar-refractivity contribution in [2.24, 2.45) is 5.92 Å².